The summed E-state index contributed by atoms with van der Waals surface area (Å²) in [7, 11) is 0. The first-order chi connectivity index (χ1) is 11.3. The summed E-state index contributed by atoms with van der Waals surface area (Å²) in [5.74, 6) is 0.222. The summed E-state index contributed by atoms with van der Waals surface area (Å²) >= 11 is 0. The van der Waals surface area contributed by atoms with Gasteiger partial charge in [0, 0.05) is 42.2 Å². The Morgan fingerprint density at radius 1 is 1.35 bits per heavy atom. The molecular formula is C19H25NO3. The Morgan fingerprint density at radius 3 is 3.04 bits per heavy atom. The average Bonchev–Trinajstić information content (AvgIpc) is 2.98. The van der Waals surface area contributed by atoms with Crippen molar-refractivity contribution in [3.8, 4) is 0 Å². The van der Waals surface area contributed by atoms with Crippen molar-refractivity contribution in [2.45, 2.75) is 51.9 Å². The fourth-order valence-electron chi connectivity index (χ4n) is 3.07. The van der Waals surface area contributed by atoms with E-state index in [0.29, 0.717) is 13.0 Å². The topological polar surface area (TPSA) is 40.5 Å². The van der Waals surface area contributed by atoms with Crippen LogP contribution in [-0.2, 0) is 16.0 Å². The second kappa shape index (κ2) is 7.75. The van der Waals surface area contributed by atoms with E-state index in [1.807, 2.05) is 25.1 Å². The van der Waals surface area contributed by atoms with Gasteiger partial charge in [0.1, 0.15) is 0 Å². The molecule has 1 atom stereocenters. The van der Waals surface area contributed by atoms with Crippen LogP contribution in [0.3, 0.4) is 0 Å². The number of rotatable bonds is 7. The summed E-state index contributed by atoms with van der Waals surface area (Å²) in [4.78, 5) is 12.0. The molecule has 1 aromatic heterocycles. The standard InChI is InChI=1S/C19H25NO3/c1-2-5-18(21)16-7-8-17-15(14-16)9-10-20(17)11-13-23-19-6-3-4-12-22-19/h7-10,14,19H,2-6,11-13H2,1H3. The van der Waals surface area contributed by atoms with Gasteiger partial charge in [0.05, 0.1) is 6.61 Å². The van der Waals surface area contributed by atoms with E-state index < -0.39 is 0 Å². The van der Waals surface area contributed by atoms with Crippen LogP contribution in [0.25, 0.3) is 10.9 Å². The zero-order valence-electron chi connectivity index (χ0n) is 13.8. The number of ether oxygens (including phenoxy) is 2. The second-order valence-corrected chi connectivity index (χ2v) is 6.12. The Balaban J connectivity index is 1.61. The van der Waals surface area contributed by atoms with E-state index >= 15 is 0 Å². The SMILES string of the molecule is CCCC(=O)c1ccc2c(ccn2CCOC2CCCCO2)c1. The van der Waals surface area contributed by atoms with Gasteiger partial charge in [-0.25, -0.2) is 0 Å². The predicted molar refractivity (Wildman–Crippen MR) is 90.7 cm³/mol. The van der Waals surface area contributed by atoms with Gasteiger partial charge in [0.25, 0.3) is 0 Å². The number of ketones is 1. The zero-order valence-corrected chi connectivity index (χ0v) is 13.8. The highest BCUT2D eigenvalue weighted by atomic mass is 16.7. The van der Waals surface area contributed by atoms with Crippen molar-refractivity contribution >= 4 is 16.7 Å². The third kappa shape index (κ3) is 4.01. The summed E-state index contributed by atoms with van der Waals surface area (Å²) in [5, 5.41) is 1.11. The van der Waals surface area contributed by atoms with Gasteiger partial charge in [-0.3, -0.25) is 4.79 Å². The van der Waals surface area contributed by atoms with Crippen LogP contribution in [0.15, 0.2) is 30.5 Å². The first-order valence-electron chi connectivity index (χ1n) is 8.63. The number of aromatic nitrogens is 1. The molecular weight excluding hydrogens is 290 g/mol. The average molecular weight is 315 g/mol. The molecule has 0 amide bonds. The van der Waals surface area contributed by atoms with E-state index in [4.69, 9.17) is 9.47 Å². The summed E-state index contributed by atoms with van der Waals surface area (Å²) < 4.78 is 13.6. The fraction of sp³-hybridized carbons (Fsp3) is 0.526. The highest BCUT2D eigenvalue weighted by molar-refractivity contribution is 5.99. The van der Waals surface area contributed by atoms with E-state index in [0.717, 1.165) is 48.9 Å². The van der Waals surface area contributed by atoms with Crippen LogP contribution in [0.5, 0.6) is 0 Å². The molecule has 1 saturated heterocycles. The second-order valence-electron chi connectivity index (χ2n) is 6.12. The lowest BCUT2D eigenvalue weighted by molar-refractivity contribution is -0.163. The van der Waals surface area contributed by atoms with Gasteiger partial charge in [0.15, 0.2) is 12.1 Å². The highest BCUT2D eigenvalue weighted by Crippen LogP contribution is 2.19. The van der Waals surface area contributed by atoms with Gasteiger partial charge in [0.2, 0.25) is 0 Å². The summed E-state index contributed by atoms with van der Waals surface area (Å²) in [6.45, 7) is 4.28. The molecule has 2 heterocycles. The van der Waals surface area contributed by atoms with Gasteiger partial charge < -0.3 is 14.0 Å². The molecule has 1 unspecified atom stereocenters. The molecule has 124 valence electrons. The third-order valence-corrected chi connectivity index (χ3v) is 4.34. The molecule has 0 radical (unpaired) electrons. The molecule has 0 bridgehead atoms. The van der Waals surface area contributed by atoms with Crippen LogP contribution in [0.4, 0.5) is 0 Å². The lowest BCUT2D eigenvalue weighted by atomic mass is 10.1. The van der Waals surface area contributed by atoms with Crippen molar-refractivity contribution in [2.75, 3.05) is 13.2 Å². The number of carbonyl (C=O) groups is 1. The number of benzene rings is 1. The molecule has 1 aliphatic heterocycles. The summed E-state index contributed by atoms with van der Waals surface area (Å²) in [5.41, 5.74) is 1.95. The molecule has 4 nitrogen and oxygen atoms in total. The lowest BCUT2D eigenvalue weighted by Crippen LogP contribution is -2.23. The zero-order chi connectivity index (χ0) is 16.1. The van der Waals surface area contributed by atoms with Crippen LogP contribution in [0.1, 0.15) is 49.4 Å². The number of carbonyl (C=O) groups excluding carboxylic acids is 1. The number of hydrogen-bond donors (Lipinski definition) is 0. The summed E-state index contributed by atoms with van der Waals surface area (Å²) in [6, 6.07) is 8.03. The summed E-state index contributed by atoms with van der Waals surface area (Å²) in [6.07, 6.45) is 6.84. The maximum absolute atomic E-state index is 12.0. The van der Waals surface area contributed by atoms with Crippen molar-refractivity contribution in [2.24, 2.45) is 0 Å². The molecule has 2 aromatic rings. The molecule has 1 aliphatic rings. The smallest absolute Gasteiger partial charge is 0.162 e. The van der Waals surface area contributed by atoms with Gasteiger partial charge in [-0.1, -0.05) is 6.92 Å². The number of nitrogens with zero attached hydrogens (tertiary/aromatic N) is 1. The monoisotopic (exact) mass is 315 g/mol. The van der Waals surface area contributed by atoms with E-state index in [2.05, 4.69) is 16.8 Å². The minimum atomic E-state index is -0.0381. The minimum absolute atomic E-state index is 0.0381. The maximum atomic E-state index is 12.0. The lowest BCUT2D eigenvalue weighted by Gasteiger charge is -2.22. The molecule has 1 aromatic carbocycles. The van der Waals surface area contributed by atoms with Gasteiger partial charge in [-0.15, -0.1) is 0 Å². The molecule has 0 aliphatic carbocycles. The van der Waals surface area contributed by atoms with Crippen LogP contribution < -0.4 is 0 Å². The van der Waals surface area contributed by atoms with E-state index in [1.54, 1.807) is 0 Å². The van der Waals surface area contributed by atoms with Gasteiger partial charge in [-0.2, -0.15) is 0 Å². The van der Waals surface area contributed by atoms with Crippen molar-refractivity contribution in [3.05, 3.63) is 36.0 Å². The van der Waals surface area contributed by atoms with Gasteiger partial charge >= 0.3 is 0 Å². The number of hydrogen-bond acceptors (Lipinski definition) is 3. The van der Waals surface area contributed by atoms with Crippen molar-refractivity contribution in [3.63, 3.8) is 0 Å². The van der Waals surface area contributed by atoms with Crippen LogP contribution in [-0.4, -0.2) is 29.9 Å². The minimum Gasteiger partial charge on any atom is -0.353 e. The third-order valence-electron chi connectivity index (χ3n) is 4.34. The van der Waals surface area contributed by atoms with Crippen LogP contribution >= 0.6 is 0 Å². The molecule has 4 heteroatoms. The molecule has 0 spiro atoms. The predicted octanol–water partition coefficient (Wildman–Crippen LogP) is 4.17. The Labute approximate surface area is 137 Å². The quantitative estimate of drug-likeness (QED) is 0.720. The molecule has 1 fully saturated rings. The molecule has 23 heavy (non-hydrogen) atoms. The Morgan fingerprint density at radius 2 is 2.26 bits per heavy atom. The Kier molecular flexibility index (Phi) is 5.47. The highest BCUT2D eigenvalue weighted by Gasteiger charge is 2.14. The Hall–Kier alpha value is -1.65. The number of fused-ring (bicyclic) bond motifs is 1. The molecule has 0 N–H and O–H groups in total. The van der Waals surface area contributed by atoms with Crippen molar-refractivity contribution < 1.29 is 14.3 Å². The van der Waals surface area contributed by atoms with Crippen LogP contribution in [0, 0.1) is 0 Å². The van der Waals surface area contributed by atoms with Crippen LogP contribution in [0.2, 0.25) is 0 Å². The fourth-order valence-corrected chi connectivity index (χ4v) is 3.07. The van der Waals surface area contributed by atoms with E-state index in [1.165, 1.54) is 6.42 Å². The van der Waals surface area contributed by atoms with E-state index in [9.17, 15) is 4.79 Å². The normalized spacial score (nSPS) is 18.4. The maximum Gasteiger partial charge on any atom is 0.162 e. The van der Waals surface area contributed by atoms with Crippen molar-refractivity contribution in [1.29, 1.82) is 0 Å². The molecule has 3 rings (SSSR count). The van der Waals surface area contributed by atoms with Crippen molar-refractivity contribution in [1.82, 2.24) is 4.57 Å². The number of Topliss-reactive ketones (excluding diaryl/α,β-unsaturated/α-hetero) is 1. The first-order valence-corrected chi connectivity index (χ1v) is 8.63. The largest absolute Gasteiger partial charge is 0.353 e. The first kappa shape index (κ1) is 16.2. The molecule has 0 saturated carbocycles. The van der Waals surface area contributed by atoms with Gasteiger partial charge in [-0.05, 0) is 49.9 Å². The Bertz CT molecular complexity index is 656. The van der Waals surface area contributed by atoms with E-state index in [-0.39, 0.29) is 12.1 Å².